The molecular weight excluding hydrogens is 443 g/mol. The van der Waals surface area contributed by atoms with Crippen LogP contribution >= 0.6 is 0 Å². The van der Waals surface area contributed by atoms with Crippen molar-refractivity contribution in [2.24, 2.45) is 5.92 Å². The van der Waals surface area contributed by atoms with E-state index in [1.54, 1.807) is 11.2 Å². The highest BCUT2D eigenvalue weighted by Gasteiger charge is 2.41. The Morgan fingerprint density at radius 2 is 1.79 bits per heavy atom. The molecule has 8 heteroatoms. The molecular formula is C25H37FN2O4S. The Kier molecular flexibility index (Phi) is 7.46. The largest absolute Gasteiger partial charge is 0.496 e. The molecule has 0 spiro atoms. The molecule has 6 nitrogen and oxygen atoms in total. The standard InChI is InChI=1S/C25H37FN2O4S/c1-19-16-21(26)17-23(32-2)24(19)22(29)8-11-25(9-4-3-5-10-25)27-12-14-28(15-13-27)33(30,31)18-20-6-7-20/h16-17,20H,3-15,18H2,1-2H3. The van der Waals surface area contributed by atoms with Crippen LogP contribution in [0.4, 0.5) is 4.39 Å². The fraction of sp³-hybridized carbons (Fsp3) is 0.720. The number of nitrogens with zero attached hydrogens (tertiary/aromatic N) is 2. The first-order valence-corrected chi connectivity index (χ1v) is 14.0. The molecule has 0 N–H and O–H groups in total. The van der Waals surface area contributed by atoms with Crippen LogP contribution in [-0.2, 0) is 10.0 Å². The minimum absolute atomic E-state index is 0.0139. The maximum atomic E-state index is 13.8. The summed E-state index contributed by atoms with van der Waals surface area (Å²) < 4.78 is 46.2. The summed E-state index contributed by atoms with van der Waals surface area (Å²) in [5, 5.41) is 0. The molecule has 0 radical (unpaired) electrons. The second-order valence-corrected chi connectivity index (χ2v) is 12.1. The summed E-state index contributed by atoms with van der Waals surface area (Å²) in [7, 11) is -1.70. The Balaban J connectivity index is 1.44. The molecule has 0 unspecified atom stereocenters. The van der Waals surface area contributed by atoms with E-state index in [2.05, 4.69) is 4.90 Å². The number of hydrogen-bond acceptors (Lipinski definition) is 5. The smallest absolute Gasteiger partial charge is 0.214 e. The van der Waals surface area contributed by atoms with Gasteiger partial charge >= 0.3 is 0 Å². The van der Waals surface area contributed by atoms with Crippen LogP contribution in [0.25, 0.3) is 0 Å². The normalized spacial score (nSPS) is 22.3. The third-order valence-corrected chi connectivity index (χ3v) is 9.86. The van der Waals surface area contributed by atoms with Gasteiger partial charge in [-0.25, -0.2) is 12.8 Å². The van der Waals surface area contributed by atoms with E-state index in [0.717, 1.165) is 58.0 Å². The number of hydrogen-bond donors (Lipinski definition) is 0. The van der Waals surface area contributed by atoms with Crippen molar-refractivity contribution in [1.29, 1.82) is 0 Å². The maximum Gasteiger partial charge on any atom is 0.214 e. The van der Waals surface area contributed by atoms with Crippen molar-refractivity contribution in [3.05, 3.63) is 29.1 Å². The second-order valence-electron chi connectivity index (χ2n) is 10.1. The van der Waals surface area contributed by atoms with Crippen molar-refractivity contribution in [2.75, 3.05) is 39.0 Å². The fourth-order valence-corrected chi connectivity index (χ4v) is 7.62. The molecule has 3 fully saturated rings. The van der Waals surface area contributed by atoms with Gasteiger partial charge in [0.05, 0.1) is 18.4 Å². The van der Waals surface area contributed by atoms with Crippen LogP contribution < -0.4 is 4.74 Å². The predicted octanol–water partition coefficient (Wildman–Crippen LogP) is 4.17. The molecule has 184 valence electrons. The van der Waals surface area contributed by atoms with Crippen molar-refractivity contribution in [3.8, 4) is 5.75 Å². The lowest BCUT2D eigenvalue weighted by Gasteiger charge is -2.50. The summed E-state index contributed by atoms with van der Waals surface area (Å²) in [4.78, 5) is 15.7. The van der Waals surface area contributed by atoms with Gasteiger partial charge in [-0.05, 0) is 56.6 Å². The first-order chi connectivity index (χ1) is 15.7. The van der Waals surface area contributed by atoms with Gasteiger partial charge in [0.25, 0.3) is 0 Å². The predicted molar refractivity (Wildman–Crippen MR) is 127 cm³/mol. The quantitative estimate of drug-likeness (QED) is 0.497. The summed E-state index contributed by atoms with van der Waals surface area (Å²) in [5.41, 5.74) is 1.01. The number of benzene rings is 1. The minimum Gasteiger partial charge on any atom is -0.496 e. The topological polar surface area (TPSA) is 66.9 Å². The molecule has 1 aromatic carbocycles. The Labute approximate surface area is 197 Å². The molecule has 1 aromatic rings. The highest BCUT2D eigenvalue weighted by atomic mass is 32.2. The number of ether oxygens (including phenoxy) is 1. The summed E-state index contributed by atoms with van der Waals surface area (Å²) in [6.07, 6.45) is 8.73. The average molecular weight is 481 g/mol. The first-order valence-electron chi connectivity index (χ1n) is 12.3. The summed E-state index contributed by atoms with van der Waals surface area (Å²) in [6, 6.07) is 2.66. The van der Waals surface area contributed by atoms with Crippen LogP contribution in [0.3, 0.4) is 0 Å². The molecule has 3 aliphatic rings. The molecule has 0 aromatic heterocycles. The van der Waals surface area contributed by atoms with Crippen molar-refractivity contribution < 1.29 is 22.3 Å². The molecule has 2 aliphatic carbocycles. The first kappa shape index (κ1) is 24.6. The third kappa shape index (κ3) is 5.60. The van der Waals surface area contributed by atoms with E-state index in [-0.39, 0.29) is 11.3 Å². The maximum absolute atomic E-state index is 13.8. The number of piperazine rings is 1. The van der Waals surface area contributed by atoms with Gasteiger partial charge in [0.2, 0.25) is 10.0 Å². The number of Topliss-reactive ketones (excluding diaryl/α,β-unsaturated/α-hetero) is 1. The van der Waals surface area contributed by atoms with Gasteiger partial charge in [-0.2, -0.15) is 4.31 Å². The van der Waals surface area contributed by atoms with Crippen LogP contribution in [0.2, 0.25) is 0 Å². The van der Waals surface area contributed by atoms with E-state index < -0.39 is 15.8 Å². The Bertz CT molecular complexity index is 963. The number of rotatable bonds is 9. The van der Waals surface area contributed by atoms with E-state index >= 15 is 0 Å². The number of aryl methyl sites for hydroxylation is 1. The lowest BCUT2D eigenvalue weighted by Crippen LogP contribution is -2.59. The van der Waals surface area contributed by atoms with Gasteiger partial charge in [-0.1, -0.05) is 19.3 Å². The van der Waals surface area contributed by atoms with Crippen molar-refractivity contribution in [2.45, 2.75) is 70.3 Å². The number of carbonyl (C=O) groups excluding carboxylic acids is 1. The molecule has 0 amide bonds. The van der Waals surface area contributed by atoms with Crippen LogP contribution in [-0.4, -0.2) is 68.0 Å². The third-order valence-electron chi connectivity index (χ3n) is 7.81. The fourth-order valence-electron chi connectivity index (χ4n) is 5.76. The zero-order valence-electron chi connectivity index (χ0n) is 19.9. The molecule has 1 aliphatic heterocycles. The monoisotopic (exact) mass is 480 g/mol. The van der Waals surface area contributed by atoms with Crippen molar-refractivity contribution in [1.82, 2.24) is 9.21 Å². The highest BCUT2D eigenvalue weighted by Crippen LogP contribution is 2.39. The Morgan fingerprint density at radius 3 is 2.39 bits per heavy atom. The van der Waals surface area contributed by atoms with Crippen LogP contribution in [0, 0.1) is 18.7 Å². The minimum atomic E-state index is -3.16. The number of carbonyl (C=O) groups is 1. The van der Waals surface area contributed by atoms with Crippen LogP contribution in [0.5, 0.6) is 5.75 Å². The molecule has 0 atom stereocenters. The van der Waals surface area contributed by atoms with E-state index in [9.17, 15) is 17.6 Å². The van der Waals surface area contributed by atoms with Gasteiger partial charge in [0.1, 0.15) is 11.6 Å². The number of sulfonamides is 1. The molecule has 2 saturated carbocycles. The summed E-state index contributed by atoms with van der Waals surface area (Å²) >= 11 is 0. The SMILES string of the molecule is COc1cc(F)cc(C)c1C(=O)CCC1(N2CCN(S(=O)(=O)CC3CC3)CC2)CCCCC1. The summed E-state index contributed by atoms with van der Waals surface area (Å²) in [5.74, 6) is 0.533. The van der Waals surface area contributed by atoms with Crippen molar-refractivity contribution in [3.63, 3.8) is 0 Å². The highest BCUT2D eigenvalue weighted by molar-refractivity contribution is 7.89. The van der Waals surface area contributed by atoms with E-state index in [1.807, 2.05) is 0 Å². The molecule has 4 rings (SSSR count). The van der Waals surface area contributed by atoms with Crippen molar-refractivity contribution >= 4 is 15.8 Å². The second kappa shape index (κ2) is 10.0. The van der Waals surface area contributed by atoms with E-state index in [4.69, 9.17) is 4.74 Å². The Hall–Kier alpha value is -1.51. The van der Waals surface area contributed by atoms with Gasteiger partial charge in [-0.15, -0.1) is 0 Å². The number of methoxy groups -OCH3 is 1. The molecule has 1 heterocycles. The average Bonchev–Trinajstić information content (AvgIpc) is 3.61. The Morgan fingerprint density at radius 1 is 1.12 bits per heavy atom. The van der Waals surface area contributed by atoms with Gasteiger partial charge < -0.3 is 4.74 Å². The zero-order valence-corrected chi connectivity index (χ0v) is 20.8. The number of halogens is 1. The lowest BCUT2D eigenvalue weighted by molar-refractivity contribution is 0.0165. The van der Waals surface area contributed by atoms with Gasteiger partial charge in [0, 0.05) is 44.2 Å². The number of ketones is 1. The molecule has 33 heavy (non-hydrogen) atoms. The lowest BCUT2D eigenvalue weighted by atomic mass is 9.76. The molecule has 1 saturated heterocycles. The van der Waals surface area contributed by atoms with Gasteiger partial charge in [-0.3, -0.25) is 9.69 Å². The van der Waals surface area contributed by atoms with Crippen LogP contribution in [0.1, 0.15) is 73.7 Å². The molecule has 0 bridgehead atoms. The van der Waals surface area contributed by atoms with Gasteiger partial charge in [0.15, 0.2) is 5.78 Å². The zero-order chi connectivity index (χ0) is 23.6. The van der Waals surface area contributed by atoms with Crippen LogP contribution in [0.15, 0.2) is 12.1 Å². The summed E-state index contributed by atoms with van der Waals surface area (Å²) in [6.45, 7) is 4.26. The van der Waals surface area contributed by atoms with E-state index in [0.29, 0.717) is 48.1 Å². The van der Waals surface area contributed by atoms with E-state index in [1.165, 1.54) is 25.7 Å².